The first kappa shape index (κ1) is 16.2. The standard InChI is InChI=1S/C21H27NO/c1-3-14-21(23)15-19(17-10-6-4-7-11-17)22-20(16(21)2)18-12-8-5-9-13-18/h4-13,16,19-20,22-23H,3,14-15H2,1-2H3/t16-,19+,20+,21+/m0/s1. The van der Waals surface area contributed by atoms with Crippen LogP contribution in [0.5, 0.6) is 0 Å². The third-order valence-electron chi connectivity index (χ3n) is 5.33. The highest BCUT2D eigenvalue weighted by atomic mass is 16.3. The van der Waals surface area contributed by atoms with Gasteiger partial charge in [-0.15, -0.1) is 0 Å². The molecule has 23 heavy (non-hydrogen) atoms. The number of benzene rings is 2. The zero-order chi connectivity index (χ0) is 16.3. The molecule has 1 aliphatic heterocycles. The average molecular weight is 309 g/mol. The normalized spacial score (nSPS) is 31.0. The van der Waals surface area contributed by atoms with Gasteiger partial charge in [0, 0.05) is 18.0 Å². The minimum absolute atomic E-state index is 0.173. The van der Waals surface area contributed by atoms with Crippen molar-refractivity contribution in [1.29, 1.82) is 0 Å². The lowest BCUT2D eigenvalue weighted by molar-refractivity contribution is -0.0743. The van der Waals surface area contributed by atoms with Crippen LogP contribution in [0.1, 0.15) is 56.3 Å². The van der Waals surface area contributed by atoms with Gasteiger partial charge >= 0.3 is 0 Å². The van der Waals surface area contributed by atoms with Crippen LogP contribution in [0.15, 0.2) is 60.7 Å². The molecular formula is C21H27NO. The SMILES string of the molecule is CCC[C@@]1(O)C[C@H](c2ccccc2)N[C@@H](c2ccccc2)[C@@H]1C. The molecule has 1 fully saturated rings. The van der Waals surface area contributed by atoms with Crippen molar-refractivity contribution in [2.45, 2.75) is 50.8 Å². The average Bonchev–Trinajstić information content (AvgIpc) is 2.59. The predicted molar refractivity (Wildman–Crippen MR) is 95.1 cm³/mol. The van der Waals surface area contributed by atoms with Gasteiger partial charge in [0.2, 0.25) is 0 Å². The Balaban J connectivity index is 1.95. The number of piperidine rings is 1. The van der Waals surface area contributed by atoms with E-state index in [9.17, 15) is 5.11 Å². The maximum absolute atomic E-state index is 11.4. The van der Waals surface area contributed by atoms with Crippen molar-refractivity contribution in [2.75, 3.05) is 0 Å². The molecule has 2 N–H and O–H groups in total. The summed E-state index contributed by atoms with van der Waals surface area (Å²) in [6.45, 7) is 4.34. The van der Waals surface area contributed by atoms with Crippen LogP contribution < -0.4 is 5.32 Å². The van der Waals surface area contributed by atoms with Crippen LogP contribution in [0.25, 0.3) is 0 Å². The number of nitrogens with one attached hydrogen (secondary N) is 1. The number of rotatable bonds is 4. The second-order valence-corrected chi connectivity index (χ2v) is 6.86. The third-order valence-corrected chi connectivity index (χ3v) is 5.33. The molecule has 0 unspecified atom stereocenters. The van der Waals surface area contributed by atoms with E-state index >= 15 is 0 Å². The minimum atomic E-state index is -0.624. The van der Waals surface area contributed by atoms with Gasteiger partial charge in [-0.1, -0.05) is 80.9 Å². The molecule has 0 radical (unpaired) electrons. The lowest BCUT2D eigenvalue weighted by Crippen LogP contribution is -2.52. The molecule has 0 aliphatic carbocycles. The van der Waals surface area contributed by atoms with Crippen LogP contribution in [-0.4, -0.2) is 10.7 Å². The molecule has 0 aromatic heterocycles. The van der Waals surface area contributed by atoms with Crippen LogP contribution in [0.4, 0.5) is 0 Å². The fourth-order valence-corrected chi connectivity index (χ4v) is 3.98. The number of hydrogen-bond acceptors (Lipinski definition) is 2. The summed E-state index contributed by atoms with van der Waals surface area (Å²) in [6.07, 6.45) is 2.63. The quantitative estimate of drug-likeness (QED) is 0.863. The Morgan fingerprint density at radius 1 is 1.00 bits per heavy atom. The monoisotopic (exact) mass is 309 g/mol. The fraction of sp³-hybridized carbons (Fsp3) is 0.429. The summed E-state index contributed by atoms with van der Waals surface area (Å²) in [5.41, 5.74) is 1.89. The first-order valence-electron chi connectivity index (χ1n) is 8.72. The molecule has 2 heteroatoms. The lowest BCUT2D eigenvalue weighted by Gasteiger charge is -2.48. The molecule has 0 bridgehead atoms. The zero-order valence-corrected chi connectivity index (χ0v) is 14.1. The van der Waals surface area contributed by atoms with E-state index in [0.29, 0.717) is 0 Å². The maximum Gasteiger partial charge on any atom is 0.0709 e. The van der Waals surface area contributed by atoms with Crippen molar-refractivity contribution in [2.24, 2.45) is 5.92 Å². The molecule has 3 rings (SSSR count). The Labute approximate surface area is 139 Å². The molecule has 2 aromatic rings. The molecule has 1 aliphatic rings. The summed E-state index contributed by atoms with van der Waals surface area (Å²) in [7, 11) is 0. The molecule has 2 aromatic carbocycles. The second kappa shape index (κ2) is 6.86. The van der Waals surface area contributed by atoms with Gasteiger partial charge in [-0.05, 0) is 24.0 Å². The van der Waals surface area contributed by atoms with E-state index in [1.54, 1.807) is 0 Å². The van der Waals surface area contributed by atoms with Crippen LogP contribution in [0.2, 0.25) is 0 Å². The highest BCUT2D eigenvalue weighted by Crippen LogP contribution is 2.45. The van der Waals surface area contributed by atoms with Crippen LogP contribution in [0.3, 0.4) is 0 Å². The van der Waals surface area contributed by atoms with E-state index in [0.717, 1.165) is 19.3 Å². The molecule has 2 nitrogen and oxygen atoms in total. The van der Waals surface area contributed by atoms with Crippen LogP contribution >= 0.6 is 0 Å². The Bertz CT molecular complexity index is 612. The van der Waals surface area contributed by atoms with Gasteiger partial charge in [-0.25, -0.2) is 0 Å². The Hall–Kier alpha value is -1.64. The fourth-order valence-electron chi connectivity index (χ4n) is 3.98. The van der Waals surface area contributed by atoms with Crippen molar-refractivity contribution in [1.82, 2.24) is 5.32 Å². The van der Waals surface area contributed by atoms with E-state index in [1.165, 1.54) is 11.1 Å². The van der Waals surface area contributed by atoms with E-state index in [1.807, 2.05) is 12.1 Å². The number of hydrogen-bond donors (Lipinski definition) is 2. The van der Waals surface area contributed by atoms with E-state index < -0.39 is 5.60 Å². The first-order valence-corrected chi connectivity index (χ1v) is 8.72. The predicted octanol–water partition coefficient (Wildman–Crippen LogP) is 4.63. The van der Waals surface area contributed by atoms with Gasteiger partial charge < -0.3 is 10.4 Å². The topological polar surface area (TPSA) is 32.3 Å². The Morgan fingerprint density at radius 3 is 2.13 bits per heavy atom. The summed E-state index contributed by atoms with van der Waals surface area (Å²) in [5.74, 6) is 0.185. The number of aliphatic hydroxyl groups is 1. The summed E-state index contributed by atoms with van der Waals surface area (Å²) >= 11 is 0. The molecule has 0 spiro atoms. The van der Waals surface area contributed by atoms with Gasteiger partial charge in [0.05, 0.1) is 5.60 Å². The van der Waals surface area contributed by atoms with Crippen molar-refractivity contribution in [3.05, 3.63) is 71.8 Å². The third kappa shape index (κ3) is 3.34. The Kier molecular flexibility index (Phi) is 4.84. The van der Waals surface area contributed by atoms with E-state index in [-0.39, 0.29) is 18.0 Å². The van der Waals surface area contributed by atoms with E-state index in [2.05, 4.69) is 67.7 Å². The van der Waals surface area contributed by atoms with Gasteiger partial charge in [-0.2, -0.15) is 0 Å². The summed E-state index contributed by atoms with van der Waals surface area (Å²) < 4.78 is 0. The largest absolute Gasteiger partial charge is 0.389 e. The molecular weight excluding hydrogens is 282 g/mol. The van der Waals surface area contributed by atoms with Crippen molar-refractivity contribution in [3.63, 3.8) is 0 Å². The smallest absolute Gasteiger partial charge is 0.0709 e. The molecule has 0 saturated carbocycles. The summed E-state index contributed by atoms with van der Waals surface area (Å²) in [6, 6.07) is 21.4. The molecule has 1 heterocycles. The van der Waals surface area contributed by atoms with E-state index in [4.69, 9.17) is 0 Å². The van der Waals surface area contributed by atoms with Crippen molar-refractivity contribution < 1.29 is 5.11 Å². The zero-order valence-electron chi connectivity index (χ0n) is 14.1. The molecule has 0 amide bonds. The summed E-state index contributed by atoms with van der Waals surface area (Å²) in [5, 5.41) is 15.2. The summed E-state index contributed by atoms with van der Waals surface area (Å²) in [4.78, 5) is 0. The van der Waals surface area contributed by atoms with Crippen molar-refractivity contribution in [3.8, 4) is 0 Å². The van der Waals surface area contributed by atoms with Crippen LogP contribution in [0, 0.1) is 5.92 Å². The minimum Gasteiger partial charge on any atom is -0.389 e. The van der Waals surface area contributed by atoms with Crippen molar-refractivity contribution >= 4 is 0 Å². The first-order chi connectivity index (χ1) is 11.1. The Morgan fingerprint density at radius 2 is 1.57 bits per heavy atom. The lowest BCUT2D eigenvalue weighted by atomic mass is 9.70. The van der Waals surface area contributed by atoms with Gasteiger partial charge in [0.25, 0.3) is 0 Å². The maximum atomic E-state index is 11.4. The highest BCUT2D eigenvalue weighted by Gasteiger charge is 2.45. The molecule has 4 atom stereocenters. The van der Waals surface area contributed by atoms with Crippen LogP contribution in [-0.2, 0) is 0 Å². The molecule has 122 valence electrons. The van der Waals surface area contributed by atoms with Gasteiger partial charge in [-0.3, -0.25) is 0 Å². The van der Waals surface area contributed by atoms with Gasteiger partial charge in [0.15, 0.2) is 0 Å². The molecule has 1 saturated heterocycles. The second-order valence-electron chi connectivity index (χ2n) is 6.86. The van der Waals surface area contributed by atoms with Gasteiger partial charge in [0.1, 0.15) is 0 Å². The highest BCUT2D eigenvalue weighted by molar-refractivity contribution is 5.26.